The maximum Gasteiger partial charge on any atom is 0.335 e. The average Bonchev–Trinajstić information content (AvgIpc) is 2.48. The summed E-state index contributed by atoms with van der Waals surface area (Å²) in [6, 6.07) is 15.0. The highest BCUT2D eigenvalue weighted by atomic mass is 32.2. The Hall–Kier alpha value is -2.45. The molecule has 0 heterocycles. The molecule has 0 aromatic heterocycles. The SMILES string of the molecule is N#Cc1ccc(CS(=O)c2cccc(C(=O)O)c2)cc1. The minimum atomic E-state index is -1.32. The van der Waals surface area contributed by atoms with E-state index in [1.165, 1.54) is 12.1 Å². The lowest BCUT2D eigenvalue weighted by Gasteiger charge is -2.04. The molecule has 2 aromatic rings. The van der Waals surface area contributed by atoms with E-state index in [1.54, 1.807) is 36.4 Å². The molecular weight excluding hydrogens is 274 g/mol. The van der Waals surface area contributed by atoms with Crippen LogP contribution in [0.2, 0.25) is 0 Å². The van der Waals surface area contributed by atoms with Gasteiger partial charge in [0.1, 0.15) is 0 Å². The zero-order valence-corrected chi connectivity index (χ0v) is 11.3. The van der Waals surface area contributed by atoms with Crippen LogP contribution in [0.1, 0.15) is 21.5 Å². The van der Waals surface area contributed by atoms with Gasteiger partial charge in [0.25, 0.3) is 0 Å². The van der Waals surface area contributed by atoms with Crippen molar-refractivity contribution < 1.29 is 14.1 Å². The third-order valence-corrected chi connectivity index (χ3v) is 4.10. The van der Waals surface area contributed by atoms with Crippen LogP contribution in [0.3, 0.4) is 0 Å². The molecule has 0 spiro atoms. The number of hydrogen-bond acceptors (Lipinski definition) is 3. The molecule has 5 heteroatoms. The normalized spacial score (nSPS) is 11.6. The van der Waals surface area contributed by atoms with Gasteiger partial charge in [-0.3, -0.25) is 4.21 Å². The van der Waals surface area contributed by atoms with E-state index in [9.17, 15) is 9.00 Å². The summed E-state index contributed by atoms with van der Waals surface area (Å²) in [5.41, 5.74) is 1.51. The van der Waals surface area contributed by atoms with Gasteiger partial charge in [-0.05, 0) is 35.9 Å². The maximum absolute atomic E-state index is 12.2. The van der Waals surface area contributed by atoms with Crippen molar-refractivity contribution in [1.29, 1.82) is 5.26 Å². The molecular formula is C15H11NO3S. The monoisotopic (exact) mass is 285 g/mol. The Morgan fingerprint density at radius 2 is 1.90 bits per heavy atom. The fraction of sp³-hybridized carbons (Fsp3) is 0.0667. The summed E-state index contributed by atoms with van der Waals surface area (Å²) < 4.78 is 12.2. The van der Waals surface area contributed by atoms with Crippen molar-refractivity contribution in [1.82, 2.24) is 0 Å². The minimum Gasteiger partial charge on any atom is -0.478 e. The molecule has 0 amide bonds. The second kappa shape index (κ2) is 6.13. The van der Waals surface area contributed by atoms with Gasteiger partial charge < -0.3 is 5.11 Å². The van der Waals surface area contributed by atoms with Gasteiger partial charge in [0, 0.05) is 4.90 Å². The summed E-state index contributed by atoms with van der Waals surface area (Å²) in [7, 11) is -1.32. The van der Waals surface area contributed by atoms with Gasteiger partial charge in [0.05, 0.1) is 33.7 Å². The van der Waals surface area contributed by atoms with E-state index < -0.39 is 16.8 Å². The molecule has 100 valence electrons. The number of carbonyl (C=O) groups is 1. The van der Waals surface area contributed by atoms with Crippen LogP contribution in [0, 0.1) is 11.3 Å². The Labute approximate surface area is 118 Å². The zero-order chi connectivity index (χ0) is 14.5. The van der Waals surface area contributed by atoms with Gasteiger partial charge >= 0.3 is 5.97 Å². The van der Waals surface area contributed by atoms with E-state index in [0.717, 1.165) is 5.56 Å². The van der Waals surface area contributed by atoms with E-state index in [-0.39, 0.29) is 11.3 Å². The molecule has 1 N–H and O–H groups in total. The van der Waals surface area contributed by atoms with Crippen LogP contribution in [0.5, 0.6) is 0 Å². The Morgan fingerprint density at radius 1 is 1.20 bits per heavy atom. The Balaban J connectivity index is 2.17. The van der Waals surface area contributed by atoms with E-state index in [4.69, 9.17) is 10.4 Å². The molecule has 0 aliphatic rings. The van der Waals surface area contributed by atoms with Crippen molar-refractivity contribution in [2.45, 2.75) is 10.6 Å². The number of carboxylic acids is 1. The van der Waals surface area contributed by atoms with Gasteiger partial charge in [-0.15, -0.1) is 0 Å². The molecule has 0 fully saturated rings. The van der Waals surface area contributed by atoms with Gasteiger partial charge in [-0.2, -0.15) is 5.26 Å². The second-order valence-electron chi connectivity index (χ2n) is 4.13. The van der Waals surface area contributed by atoms with E-state index in [2.05, 4.69) is 0 Å². The molecule has 1 unspecified atom stereocenters. The largest absolute Gasteiger partial charge is 0.478 e. The summed E-state index contributed by atoms with van der Waals surface area (Å²) >= 11 is 0. The Morgan fingerprint density at radius 3 is 2.50 bits per heavy atom. The fourth-order valence-corrected chi connectivity index (χ4v) is 2.83. The molecule has 2 rings (SSSR count). The lowest BCUT2D eigenvalue weighted by atomic mass is 10.2. The van der Waals surface area contributed by atoms with Gasteiger partial charge in [-0.25, -0.2) is 4.79 Å². The van der Waals surface area contributed by atoms with Crippen molar-refractivity contribution in [2.75, 3.05) is 0 Å². The number of hydrogen-bond donors (Lipinski definition) is 1. The zero-order valence-electron chi connectivity index (χ0n) is 10.4. The highest BCUT2D eigenvalue weighted by Gasteiger charge is 2.09. The number of aromatic carboxylic acids is 1. The van der Waals surface area contributed by atoms with Crippen molar-refractivity contribution >= 4 is 16.8 Å². The van der Waals surface area contributed by atoms with Crippen LogP contribution in [0.4, 0.5) is 0 Å². The van der Waals surface area contributed by atoms with E-state index >= 15 is 0 Å². The van der Waals surface area contributed by atoms with Gasteiger partial charge in [0.2, 0.25) is 0 Å². The minimum absolute atomic E-state index is 0.121. The second-order valence-corrected chi connectivity index (χ2v) is 5.58. The van der Waals surface area contributed by atoms with Gasteiger partial charge in [0.15, 0.2) is 0 Å². The number of carboxylic acid groups (broad SMARTS) is 1. The first-order valence-electron chi connectivity index (χ1n) is 5.81. The number of nitriles is 1. The van der Waals surface area contributed by atoms with Crippen molar-refractivity contribution in [3.63, 3.8) is 0 Å². The maximum atomic E-state index is 12.2. The Bertz CT molecular complexity index is 702. The predicted molar refractivity (Wildman–Crippen MR) is 74.7 cm³/mol. The molecule has 2 aromatic carbocycles. The average molecular weight is 285 g/mol. The molecule has 0 bridgehead atoms. The van der Waals surface area contributed by atoms with Crippen molar-refractivity contribution in [3.8, 4) is 6.07 Å². The first kappa shape index (κ1) is 14.0. The smallest absolute Gasteiger partial charge is 0.335 e. The quantitative estimate of drug-likeness (QED) is 0.936. The van der Waals surface area contributed by atoms with Crippen LogP contribution >= 0.6 is 0 Å². The molecule has 4 nitrogen and oxygen atoms in total. The van der Waals surface area contributed by atoms with E-state index in [1.807, 2.05) is 6.07 Å². The summed E-state index contributed by atoms with van der Waals surface area (Å²) in [4.78, 5) is 11.4. The van der Waals surface area contributed by atoms with Crippen LogP contribution in [0.15, 0.2) is 53.4 Å². The standard InChI is InChI=1S/C15H11NO3S/c16-9-11-4-6-12(7-5-11)10-20(19)14-3-1-2-13(8-14)15(17)18/h1-8H,10H2,(H,17,18). The number of nitrogens with zero attached hydrogens (tertiary/aromatic N) is 1. The third-order valence-electron chi connectivity index (χ3n) is 2.72. The fourth-order valence-electron chi connectivity index (χ4n) is 1.68. The molecule has 1 atom stereocenters. The Kier molecular flexibility index (Phi) is 4.28. The summed E-state index contributed by atoms with van der Waals surface area (Å²) in [5, 5.41) is 17.6. The van der Waals surface area contributed by atoms with E-state index in [0.29, 0.717) is 10.5 Å². The lowest BCUT2D eigenvalue weighted by Crippen LogP contribution is -2.00. The van der Waals surface area contributed by atoms with Crippen LogP contribution in [-0.2, 0) is 16.6 Å². The summed E-state index contributed by atoms with van der Waals surface area (Å²) in [5.74, 6) is -0.753. The van der Waals surface area contributed by atoms with Crippen LogP contribution < -0.4 is 0 Å². The van der Waals surface area contributed by atoms with Crippen molar-refractivity contribution in [3.05, 3.63) is 65.2 Å². The summed E-state index contributed by atoms with van der Waals surface area (Å²) in [6.45, 7) is 0. The topological polar surface area (TPSA) is 78.2 Å². The first-order chi connectivity index (χ1) is 9.60. The highest BCUT2D eigenvalue weighted by molar-refractivity contribution is 7.84. The number of rotatable bonds is 4. The van der Waals surface area contributed by atoms with Gasteiger partial charge in [-0.1, -0.05) is 18.2 Å². The van der Waals surface area contributed by atoms with Crippen molar-refractivity contribution in [2.24, 2.45) is 0 Å². The predicted octanol–water partition coefficient (Wildman–Crippen LogP) is 2.56. The molecule has 0 radical (unpaired) electrons. The molecule has 0 saturated carbocycles. The van der Waals surface area contributed by atoms with Crippen LogP contribution in [-0.4, -0.2) is 15.3 Å². The summed E-state index contributed by atoms with van der Waals surface area (Å²) in [6.07, 6.45) is 0. The lowest BCUT2D eigenvalue weighted by molar-refractivity contribution is 0.0696. The van der Waals surface area contributed by atoms with Crippen LogP contribution in [0.25, 0.3) is 0 Å². The molecule has 0 saturated heterocycles. The first-order valence-corrected chi connectivity index (χ1v) is 7.13. The molecule has 0 aliphatic carbocycles. The third kappa shape index (κ3) is 3.31. The molecule has 20 heavy (non-hydrogen) atoms. The highest BCUT2D eigenvalue weighted by Crippen LogP contribution is 2.15. The number of benzene rings is 2. The molecule has 0 aliphatic heterocycles.